The van der Waals surface area contributed by atoms with Gasteiger partial charge in [0.1, 0.15) is 35.2 Å². The second-order valence-corrected chi connectivity index (χ2v) is 8.47. The first-order valence-corrected chi connectivity index (χ1v) is 10.7. The van der Waals surface area contributed by atoms with Crippen LogP contribution in [0.4, 0.5) is 22.4 Å². The minimum atomic E-state index is -4.99. The van der Waals surface area contributed by atoms with Gasteiger partial charge in [0.15, 0.2) is 5.78 Å². The van der Waals surface area contributed by atoms with Gasteiger partial charge in [-0.05, 0) is 41.8 Å². The van der Waals surface area contributed by atoms with Crippen molar-refractivity contribution >= 4 is 22.9 Å². The molecule has 5 rings (SSSR count). The van der Waals surface area contributed by atoms with Crippen LogP contribution in [0.25, 0.3) is 11.0 Å². The Morgan fingerprint density at radius 1 is 1.09 bits per heavy atom. The molecule has 2 saturated heterocycles. The lowest BCUT2D eigenvalue weighted by Crippen LogP contribution is -2.45. The van der Waals surface area contributed by atoms with E-state index in [1.165, 1.54) is 4.90 Å². The SMILES string of the molecule is O=C(c1ccc2n[nH]nc2c1)C1C2CNCC2CN1C(=O)OCc1cc(F)cc(OC(F)(F)F)c1. The van der Waals surface area contributed by atoms with Crippen LogP contribution in [0.2, 0.25) is 0 Å². The lowest BCUT2D eigenvalue weighted by atomic mass is 9.89. The van der Waals surface area contributed by atoms with Gasteiger partial charge in [0.05, 0.1) is 0 Å². The number of ether oxygens (including phenoxy) is 2. The summed E-state index contributed by atoms with van der Waals surface area (Å²) >= 11 is 0. The van der Waals surface area contributed by atoms with Crippen LogP contribution in [0.1, 0.15) is 15.9 Å². The van der Waals surface area contributed by atoms with Gasteiger partial charge in [0.2, 0.25) is 0 Å². The van der Waals surface area contributed by atoms with Gasteiger partial charge in [0, 0.05) is 37.2 Å². The van der Waals surface area contributed by atoms with Crippen molar-refractivity contribution in [3.8, 4) is 5.75 Å². The molecule has 3 unspecified atom stereocenters. The van der Waals surface area contributed by atoms with Gasteiger partial charge >= 0.3 is 12.5 Å². The van der Waals surface area contributed by atoms with Gasteiger partial charge in [-0.1, -0.05) is 0 Å². The van der Waals surface area contributed by atoms with Crippen molar-refractivity contribution in [2.24, 2.45) is 11.8 Å². The third-order valence-electron chi connectivity index (χ3n) is 6.20. The summed E-state index contributed by atoms with van der Waals surface area (Å²) in [7, 11) is 0. The lowest BCUT2D eigenvalue weighted by Gasteiger charge is -2.26. The Bertz CT molecular complexity index is 1280. The zero-order chi connectivity index (χ0) is 24.7. The predicted octanol–water partition coefficient (Wildman–Crippen LogP) is 3.03. The third kappa shape index (κ3) is 4.76. The van der Waals surface area contributed by atoms with Crippen LogP contribution in [-0.2, 0) is 11.3 Å². The van der Waals surface area contributed by atoms with E-state index in [1.807, 2.05) is 0 Å². The molecule has 0 spiro atoms. The molecule has 3 atom stereocenters. The first-order valence-electron chi connectivity index (χ1n) is 10.7. The predicted molar refractivity (Wildman–Crippen MR) is 112 cm³/mol. The summed E-state index contributed by atoms with van der Waals surface area (Å²) < 4.78 is 60.2. The summed E-state index contributed by atoms with van der Waals surface area (Å²) in [4.78, 5) is 27.8. The van der Waals surface area contributed by atoms with Crippen LogP contribution < -0.4 is 10.1 Å². The number of ketones is 1. The summed E-state index contributed by atoms with van der Waals surface area (Å²) in [6.07, 6.45) is -5.81. The number of H-pyrrole nitrogens is 1. The van der Waals surface area contributed by atoms with E-state index in [0.29, 0.717) is 35.8 Å². The maximum Gasteiger partial charge on any atom is 0.573 e. The molecule has 2 aliphatic heterocycles. The van der Waals surface area contributed by atoms with Crippen LogP contribution in [0.5, 0.6) is 5.75 Å². The number of Topliss-reactive ketones (excluding diaryl/α,β-unsaturated/α-hetero) is 1. The molecule has 184 valence electrons. The number of aromatic nitrogens is 3. The zero-order valence-electron chi connectivity index (χ0n) is 18.0. The maximum absolute atomic E-state index is 13.8. The van der Waals surface area contributed by atoms with Crippen LogP contribution in [0, 0.1) is 17.7 Å². The fourth-order valence-corrected chi connectivity index (χ4v) is 4.73. The van der Waals surface area contributed by atoms with Gasteiger partial charge in [0.25, 0.3) is 0 Å². The van der Waals surface area contributed by atoms with E-state index in [9.17, 15) is 27.2 Å². The van der Waals surface area contributed by atoms with Crippen molar-refractivity contribution in [2.45, 2.75) is 19.0 Å². The molecule has 0 aliphatic carbocycles. The summed E-state index contributed by atoms with van der Waals surface area (Å²) in [5, 5.41) is 13.7. The molecule has 2 N–H and O–H groups in total. The molecular formula is C22H19F4N5O4. The molecule has 0 bridgehead atoms. The number of carbonyl (C=O) groups is 2. The Balaban J connectivity index is 1.33. The van der Waals surface area contributed by atoms with Gasteiger partial charge in [-0.25, -0.2) is 9.18 Å². The number of likely N-dealkylation sites (tertiary alicyclic amines) is 1. The summed E-state index contributed by atoms with van der Waals surface area (Å²) in [5.74, 6) is -2.12. The normalized spacial score (nSPS) is 21.8. The van der Waals surface area contributed by atoms with Gasteiger partial charge < -0.3 is 14.8 Å². The zero-order valence-corrected chi connectivity index (χ0v) is 18.0. The first-order chi connectivity index (χ1) is 16.7. The Morgan fingerprint density at radius 2 is 1.89 bits per heavy atom. The number of nitrogens with zero attached hydrogens (tertiary/aromatic N) is 3. The summed E-state index contributed by atoms with van der Waals surface area (Å²) in [6.45, 7) is 0.938. The molecule has 9 nitrogen and oxygen atoms in total. The molecule has 13 heteroatoms. The molecule has 35 heavy (non-hydrogen) atoms. The van der Waals surface area contributed by atoms with Gasteiger partial charge in [-0.15, -0.1) is 13.2 Å². The van der Waals surface area contributed by atoms with E-state index < -0.39 is 36.7 Å². The molecule has 3 aromatic rings. The van der Waals surface area contributed by atoms with E-state index in [1.54, 1.807) is 18.2 Å². The third-order valence-corrected chi connectivity index (χ3v) is 6.20. The molecule has 0 radical (unpaired) electrons. The molecule has 0 saturated carbocycles. The molecule has 3 heterocycles. The second-order valence-electron chi connectivity index (χ2n) is 8.47. The highest BCUT2D eigenvalue weighted by Gasteiger charge is 2.50. The standard InChI is InChI=1S/C22H19F4N5O4/c23-14-3-11(4-15(6-14)35-22(24,25)26)10-34-21(33)31-9-13-7-27-8-16(13)19(31)20(32)12-1-2-17-18(5-12)29-30-28-17/h1-6,13,16,19,27H,7-10H2,(H,28,29,30). The Kier molecular flexibility index (Phi) is 5.79. The topological polar surface area (TPSA) is 109 Å². The van der Waals surface area contributed by atoms with Crippen LogP contribution in [0.3, 0.4) is 0 Å². The molecular weight excluding hydrogens is 474 g/mol. The number of aromatic amines is 1. The number of fused-ring (bicyclic) bond motifs is 2. The number of amides is 1. The highest BCUT2D eigenvalue weighted by molar-refractivity contribution is 6.04. The van der Waals surface area contributed by atoms with Crippen molar-refractivity contribution in [3.63, 3.8) is 0 Å². The highest BCUT2D eigenvalue weighted by Crippen LogP contribution is 2.35. The Morgan fingerprint density at radius 3 is 2.69 bits per heavy atom. The van der Waals surface area contributed by atoms with Crippen molar-refractivity contribution in [2.75, 3.05) is 19.6 Å². The van der Waals surface area contributed by atoms with E-state index in [4.69, 9.17) is 4.74 Å². The highest BCUT2D eigenvalue weighted by atomic mass is 19.4. The summed E-state index contributed by atoms with van der Waals surface area (Å²) in [5.41, 5.74) is 1.43. The minimum Gasteiger partial charge on any atom is -0.445 e. The van der Waals surface area contributed by atoms with Crippen molar-refractivity contribution < 1.29 is 36.6 Å². The number of hydrogen-bond acceptors (Lipinski definition) is 7. The van der Waals surface area contributed by atoms with Crippen LogP contribution >= 0.6 is 0 Å². The molecule has 2 fully saturated rings. The number of alkyl halides is 3. The first kappa shape index (κ1) is 23.0. The average Bonchev–Trinajstić information content (AvgIpc) is 3.50. The number of benzene rings is 2. The van der Waals surface area contributed by atoms with Crippen LogP contribution in [-0.4, -0.2) is 64.2 Å². The molecule has 1 aromatic heterocycles. The van der Waals surface area contributed by atoms with Crippen molar-refractivity contribution in [1.82, 2.24) is 25.6 Å². The van der Waals surface area contributed by atoms with E-state index in [-0.39, 0.29) is 29.7 Å². The molecule has 2 aromatic carbocycles. The molecule has 1 amide bonds. The summed E-state index contributed by atoms with van der Waals surface area (Å²) in [6, 6.07) is 6.50. The smallest absolute Gasteiger partial charge is 0.445 e. The van der Waals surface area contributed by atoms with E-state index >= 15 is 0 Å². The lowest BCUT2D eigenvalue weighted by molar-refractivity contribution is -0.274. The fraction of sp³-hybridized carbons (Fsp3) is 0.364. The Hall–Kier alpha value is -3.74. The largest absolute Gasteiger partial charge is 0.573 e. The van der Waals surface area contributed by atoms with Gasteiger partial charge in [-0.3, -0.25) is 9.69 Å². The van der Waals surface area contributed by atoms with E-state index in [2.05, 4.69) is 25.5 Å². The second kappa shape index (κ2) is 8.80. The Labute approximate surface area is 195 Å². The maximum atomic E-state index is 13.8. The van der Waals surface area contributed by atoms with Gasteiger partial charge in [-0.2, -0.15) is 15.4 Å². The number of nitrogens with one attached hydrogen (secondary N) is 2. The fourth-order valence-electron chi connectivity index (χ4n) is 4.73. The minimum absolute atomic E-state index is 0.0296. The van der Waals surface area contributed by atoms with Crippen molar-refractivity contribution in [3.05, 3.63) is 53.3 Å². The number of halogens is 4. The number of rotatable bonds is 5. The van der Waals surface area contributed by atoms with Crippen LogP contribution in [0.15, 0.2) is 36.4 Å². The van der Waals surface area contributed by atoms with E-state index in [0.717, 1.165) is 12.1 Å². The molecule has 2 aliphatic rings. The monoisotopic (exact) mass is 493 g/mol. The van der Waals surface area contributed by atoms with Crippen molar-refractivity contribution in [1.29, 1.82) is 0 Å². The number of carbonyl (C=O) groups excluding carboxylic acids is 2. The quantitative estimate of drug-likeness (QED) is 0.415. The number of hydrogen-bond donors (Lipinski definition) is 2. The average molecular weight is 493 g/mol.